The number of amides is 2. The van der Waals surface area contributed by atoms with Crippen LogP contribution < -0.4 is 26.7 Å². The van der Waals surface area contributed by atoms with Gasteiger partial charge in [-0.3, -0.25) is 20.2 Å². The number of piperidine rings is 2. The number of nitrogens with zero attached hydrogens (tertiary/aromatic N) is 2. The van der Waals surface area contributed by atoms with Gasteiger partial charge in [0.05, 0.1) is 17.5 Å². The third kappa shape index (κ3) is 5.22. The molecule has 10 nitrogen and oxygen atoms in total. The van der Waals surface area contributed by atoms with Crippen LogP contribution in [0.5, 0.6) is 0 Å². The van der Waals surface area contributed by atoms with E-state index in [1.807, 2.05) is 4.90 Å². The van der Waals surface area contributed by atoms with Gasteiger partial charge in [0.1, 0.15) is 11.5 Å². The van der Waals surface area contributed by atoms with Crippen LogP contribution in [0.15, 0.2) is 0 Å². The van der Waals surface area contributed by atoms with E-state index < -0.39 is 0 Å². The molecule has 12 heteroatoms. The topological polar surface area (TPSA) is 110 Å². The number of hydrogen-bond acceptors (Lipinski definition) is 9. The van der Waals surface area contributed by atoms with E-state index in [2.05, 4.69) is 45.7 Å². The highest BCUT2D eigenvalue weighted by Crippen LogP contribution is 2.40. The summed E-state index contributed by atoms with van der Waals surface area (Å²) in [6.07, 6.45) is 5.32. The van der Waals surface area contributed by atoms with Crippen molar-refractivity contribution in [2.24, 2.45) is 23.7 Å². The average molecular weight is 570 g/mol. The molecule has 5 saturated heterocycles. The first-order valence-electron chi connectivity index (χ1n) is 14.5. The number of hydrogen-bond donors (Lipinski definition) is 5. The molecule has 0 aromatic carbocycles. The minimum Gasteiger partial charge on any atom is -0.380 e. The highest BCUT2D eigenvalue weighted by atomic mass is 35.5. The van der Waals surface area contributed by atoms with Crippen molar-refractivity contribution in [3.8, 4) is 0 Å². The van der Waals surface area contributed by atoms with Crippen molar-refractivity contribution in [1.82, 2.24) is 36.6 Å². The number of thioether (sulfide) groups is 1. The Bertz CT molecular complexity index is 889. The van der Waals surface area contributed by atoms with Crippen molar-refractivity contribution in [2.75, 3.05) is 40.3 Å². The molecule has 0 bridgehead atoms. The van der Waals surface area contributed by atoms with Crippen LogP contribution in [0.3, 0.4) is 0 Å². The summed E-state index contributed by atoms with van der Waals surface area (Å²) in [5.74, 6) is 1.09. The van der Waals surface area contributed by atoms with Crippen LogP contribution in [-0.2, 0) is 14.3 Å². The first kappa shape index (κ1) is 27.5. The molecule has 1 saturated carbocycles. The Morgan fingerprint density at radius 3 is 2.71 bits per heavy atom. The molecule has 5 N–H and O–H groups in total. The number of hydrazine groups is 1. The molecule has 2 amide bonds. The molecule has 0 aromatic heterocycles. The van der Waals surface area contributed by atoms with Crippen LogP contribution >= 0.6 is 23.4 Å². The van der Waals surface area contributed by atoms with Crippen LogP contribution in [-0.4, -0.2) is 109 Å². The molecule has 0 radical (unpaired) electrons. The maximum Gasteiger partial charge on any atom is 0.241 e. The lowest BCUT2D eigenvalue weighted by Gasteiger charge is -2.45. The average Bonchev–Trinajstić information content (AvgIpc) is 3.66. The molecule has 0 spiro atoms. The summed E-state index contributed by atoms with van der Waals surface area (Å²) in [6, 6.07) is 0.954. The number of alkyl halides is 1. The first-order chi connectivity index (χ1) is 18.3. The number of methoxy groups -OCH3 is 1. The zero-order chi connectivity index (χ0) is 26.6. The zero-order valence-corrected chi connectivity index (χ0v) is 24.3. The second-order valence-electron chi connectivity index (χ2n) is 12.3. The summed E-state index contributed by atoms with van der Waals surface area (Å²) >= 11 is 8.24. The van der Waals surface area contributed by atoms with Gasteiger partial charge in [0.2, 0.25) is 11.8 Å². The van der Waals surface area contributed by atoms with Gasteiger partial charge in [0.25, 0.3) is 0 Å². The quantitative estimate of drug-likeness (QED) is 0.232. The van der Waals surface area contributed by atoms with Crippen LogP contribution in [0.4, 0.5) is 0 Å². The lowest BCUT2D eigenvalue weighted by atomic mass is 9.70. The van der Waals surface area contributed by atoms with Gasteiger partial charge in [-0.1, -0.05) is 6.42 Å². The van der Waals surface area contributed by atoms with Gasteiger partial charge in [0, 0.05) is 69.6 Å². The summed E-state index contributed by atoms with van der Waals surface area (Å²) in [7, 11) is 3.83. The Balaban J connectivity index is 1.04. The minimum absolute atomic E-state index is 0.0612. The van der Waals surface area contributed by atoms with E-state index in [0.29, 0.717) is 42.9 Å². The lowest BCUT2D eigenvalue weighted by Crippen LogP contribution is -2.57. The highest BCUT2D eigenvalue weighted by molar-refractivity contribution is 8.00. The molecule has 12 unspecified atom stereocenters. The predicted octanol–water partition coefficient (Wildman–Crippen LogP) is 0.0929. The van der Waals surface area contributed by atoms with E-state index in [0.717, 1.165) is 25.8 Å². The van der Waals surface area contributed by atoms with Gasteiger partial charge in [-0.2, -0.15) is 0 Å². The van der Waals surface area contributed by atoms with E-state index in [9.17, 15) is 9.59 Å². The second kappa shape index (κ2) is 11.3. The molecule has 6 rings (SSSR count). The fourth-order valence-electron chi connectivity index (χ4n) is 8.13. The van der Waals surface area contributed by atoms with Gasteiger partial charge in [-0.25, -0.2) is 10.4 Å². The van der Waals surface area contributed by atoms with Crippen molar-refractivity contribution < 1.29 is 14.3 Å². The van der Waals surface area contributed by atoms with E-state index >= 15 is 0 Å². The van der Waals surface area contributed by atoms with Crippen LogP contribution in [0.25, 0.3) is 0 Å². The minimum atomic E-state index is -0.128. The monoisotopic (exact) mass is 569 g/mol. The number of rotatable bonds is 5. The number of halogens is 1. The van der Waals surface area contributed by atoms with Crippen molar-refractivity contribution in [1.29, 1.82) is 0 Å². The number of ether oxygens (including phenoxy) is 1. The fraction of sp³-hybridized carbons (Fsp3) is 0.923. The molecule has 0 aromatic rings. The molecular weight excluding hydrogens is 526 g/mol. The molecule has 6 fully saturated rings. The second-order valence-corrected chi connectivity index (χ2v) is 14.2. The number of carbonyl (C=O) groups is 2. The molecule has 5 heterocycles. The molecule has 6 aliphatic rings. The normalized spacial score (nSPS) is 47.2. The number of likely N-dealkylation sites (tertiary alicyclic amines) is 1. The maximum absolute atomic E-state index is 13.6. The molecule has 12 atom stereocenters. The van der Waals surface area contributed by atoms with Crippen LogP contribution in [0.1, 0.15) is 39.0 Å². The van der Waals surface area contributed by atoms with Gasteiger partial charge < -0.3 is 20.3 Å². The summed E-state index contributed by atoms with van der Waals surface area (Å²) < 4.78 is 5.82. The molecule has 5 aliphatic heterocycles. The molecular formula is C26H44ClN7O3S. The predicted molar refractivity (Wildman–Crippen MR) is 148 cm³/mol. The number of carbonyl (C=O) groups excluding carboxylic acids is 2. The summed E-state index contributed by atoms with van der Waals surface area (Å²) in [6.45, 7) is 5.02. The van der Waals surface area contributed by atoms with E-state index in [4.69, 9.17) is 16.3 Å². The Morgan fingerprint density at radius 2 is 1.92 bits per heavy atom. The smallest absolute Gasteiger partial charge is 0.241 e. The Morgan fingerprint density at radius 1 is 1.08 bits per heavy atom. The fourth-order valence-corrected chi connectivity index (χ4v) is 9.83. The SMILES string of the molecule is COC1CNC(Cl)CC1C1CC(C)NCC1C(=O)NC1NC2CN(C(=O)C3NN(C)C4CCCC34)CC2S1. The number of nitrogens with one attached hydrogen (secondary N) is 5. The van der Waals surface area contributed by atoms with Gasteiger partial charge in [0.15, 0.2) is 0 Å². The highest BCUT2D eigenvalue weighted by Gasteiger charge is 2.51. The zero-order valence-electron chi connectivity index (χ0n) is 22.7. The van der Waals surface area contributed by atoms with Gasteiger partial charge in [-0.05, 0) is 44.4 Å². The summed E-state index contributed by atoms with van der Waals surface area (Å²) in [5, 5.41) is 16.2. The summed E-state index contributed by atoms with van der Waals surface area (Å²) in [4.78, 5) is 29.1. The van der Waals surface area contributed by atoms with Crippen molar-refractivity contribution >= 4 is 35.2 Å². The molecule has 38 heavy (non-hydrogen) atoms. The first-order valence-corrected chi connectivity index (χ1v) is 15.8. The Kier molecular flexibility index (Phi) is 8.19. The number of fused-ring (bicyclic) bond motifs is 2. The standard InChI is InChI=1S/C26H44ClN7O3S/c1-13-7-15(16-8-22(27)29-10-20(16)37-3)17(9-28-13)24(35)31-26-30-18-11-34(12-21(18)38-26)25(36)23-14-5-4-6-19(14)33(2)32-23/h13-23,26,28-30,32H,4-12H2,1-3H3,(H,31,35). The maximum atomic E-state index is 13.6. The third-order valence-corrected chi connectivity index (χ3v) is 11.8. The summed E-state index contributed by atoms with van der Waals surface area (Å²) in [5.41, 5.74) is 3.23. The van der Waals surface area contributed by atoms with Gasteiger partial charge >= 0.3 is 0 Å². The van der Waals surface area contributed by atoms with Crippen molar-refractivity contribution in [3.63, 3.8) is 0 Å². The Labute approximate surface area is 235 Å². The van der Waals surface area contributed by atoms with Crippen molar-refractivity contribution in [3.05, 3.63) is 0 Å². The lowest BCUT2D eigenvalue weighted by molar-refractivity contribution is -0.133. The third-order valence-electron chi connectivity index (χ3n) is 10.1. The Hall–Kier alpha value is -0.660. The van der Waals surface area contributed by atoms with Crippen molar-refractivity contribution in [2.45, 2.75) is 85.5 Å². The molecule has 214 valence electrons. The van der Waals surface area contributed by atoms with Crippen LogP contribution in [0.2, 0.25) is 0 Å². The van der Waals surface area contributed by atoms with Crippen LogP contribution in [0, 0.1) is 23.7 Å². The largest absolute Gasteiger partial charge is 0.380 e. The molecule has 1 aliphatic carbocycles. The van der Waals surface area contributed by atoms with E-state index in [-0.39, 0.29) is 58.8 Å². The van der Waals surface area contributed by atoms with Gasteiger partial charge in [-0.15, -0.1) is 23.4 Å². The van der Waals surface area contributed by atoms with E-state index in [1.165, 1.54) is 12.8 Å². The van der Waals surface area contributed by atoms with E-state index in [1.54, 1.807) is 18.9 Å².